The third kappa shape index (κ3) is 3.91. The van der Waals surface area contributed by atoms with Gasteiger partial charge in [-0.15, -0.1) is 0 Å². The molecule has 0 amide bonds. The fourth-order valence-electron chi connectivity index (χ4n) is 2.16. The zero-order chi connectivity index (χ0) is 15.4. The standard InChI is InChI=1S/C14H20O7/c15-7-10-11(17)12(18)13(19)14(21-10)20-6-5-8-1-3-9(16)4-2-8/h1-4,10-19H,5-7H2/t10?,11-,12?,13+,14-/m1/s1. The first-order valence-electron chi connectivity index (χ1n) is 6.73. The monoisotopic (exact) mass is 300 g/mol. The summed E-state index contributed by atoms with van der Waals surface area (Å²) in [5, 5.41) is 47.3. The van der Waals surface area contributed by atoms with Crippen molar-refractivity contribution in [2.24, 2.45) is 0 Å². The van der Waals surface area contributed by atoms with E-state index < -0.39 is 37.3 Å². The third-order valence-corrected chi connectivity index (χ3v) is 3.46. The minimum absolute atomic E-state index is 0.175. The normalized spacial score (nSPS) is 33.0. The van der Waals surface area contributed by atoms with Crippen LogP contribution in [0.3, 0.4) is 0 Å². The number of benzene rings is 1. The first-order valence-corrected chi connectivity index (χ1v) is 6.73. The highest BCUT2D eigenvalue weighted by Gasteiger charge is 2.43. The molecule has 5 N–H and O–H groups in total. The molecule has 0 bridgehead atoms. The van der Waals surface area contributed by atoms with Crippen LogP contribution < -0.4 is 0 Å². The second kappa shape index (κ2) is 7.17. The number of hydrogen-bond acceptors (Lipinski definition) is 7. The topological polar surface area (TPSA) is 120 Å². The van der Waals surface area contributed by atoms with Gasteiger partial charge in [-0.05, 0) is 24.1 Å². The maximum atomic E-state index is 9.78. The van der Waals surface area contributed by atoms with Crippen LogP contribution in [-0.4, -0.2) is 69.5 Å². The molecule has 5 atom stereocenters. The molecule has 0 radical (unpaired) electrons. The quantitative estimate of drug-likeness (QED) is 0.461. The summed E-state index contributed by atoms with van der Waals surface area (Å²) in [6.07, 6.45) is -5.77. The van der Waals surface area contributed by atoms with Crippen molar-refractivity contribution >= 4 is 0 Å². The van der Waals surface area contributed by atoms with E-state index in [1.54, 1.807) is 24.3 Å². The van der Waals surface area contributed by atoms with E-state index in [4.69, 9.17) is 14.6 Å². The lowest BCUT2D eigenvalue weighted by Crippen LogP contribution is -2.59. The van der Waals surface area contributed by atoms with Crippen LogP contribution in [-0.2, 0) is 15.9 Å². The Labute approximate surface area is 122 Å². The predicted octanol–water partition coefficient (Wildman–Crippen LogP) is -1.25. The van der Waals surface area contributed by atoms with Crippen molar-refractivity contribution in [2.45, 2.75) is 37.1 Å². The van der Waals surface area contributed by atoms with E-state index in [2.05, 4.69) is 0 Å². The van der Waals surface area contributed by atoms with Crippen LogP contribution in [0.2, 0.25) is 0 Å². The molecule has 118 valence electrons. The molecular weight excluding hydrogens is 280 g/mol. The highest BCUT2D eigenvalue weighted by Crippen LogP contribution is 2.22. The first-order chi connectivity index (χ1) is 10.0. The zero-order valence-electron chi connectivity index (χ0n) is 11.4. The lowest BCUT2D eigenvalue weighted by molar-refractivity contribution is -0.300. The summed E-state index contributed by atoms with van der Waals surface area (Å²) in [6.45, 7) is -0.268. The molecule has 1 fully saturated rings. The number of aliphatic hydroxyl groups excluding tert-OH is 4. The van der Waals surface area contributed by atoms with Crippen LogP contribution in [0, 0.1) is 0 Å². The van der Waals surface area contributed by atoms with Crippen molar-refractivity contribution in [3.63, 3.8) is 0 Å². The Morgan fingerprint density at radius 2 is 1.67 bits per heavy atom. The van der Waals surface area contributed by atoms with Gasteiger partial charge < -0.3 is 35.0 Å². The van der Waals surface area contributed by atoms with Crippen LogP contribution in [0.5, 0.6) is 5.75 Å². The van der Waals surface area contributed by atoms with E-state index in [-0.39, 0.29) is 12.4 Å². The Bertz CT molecular complexity index is 433. The van der Waals surface area contributed by atoms with Gasteiger partial charge in [-0.3, -0.25) is 0 Å². The van der Waals surface area contributed by atoms with Crippen molar-refractivity contribution in [1.82, 2.24) is 0 Å². The van der Waals surface area contributed by atoms with Gasteiger partial charge in [0.25, 0.3) is 0 Å². The van der Waals surface area contributed by atoms with Crippen molar-refractivity contribution < 1.29 is 35.0 Å². The summed E-state index contributed by atoms with van der Waals surface area (Å²) in [7, 11) is 0. The van der Waals surface area contributed by atoms with Crippen LogP contribution in [0.1, 0.15) is 5.56 Å². The van der Waals surface area contributed by atoms with Gasteiger partial charge in [0.1, 0.15) is 30.2 Å². The van der Waals surface area contributed by atoms with Crippen molar-refractivity contribution in [3.05, 3.63) is 29.8 Å². The lowest BCUT2D eigenvalue weighted by Gasteiger charge is -2.39. The number of phenolic OH excluding ortho intramolecular Hbond substituents is 1. The van der Waals surface area contributed by atoms with Crippen molar-refractivity contribution in [2.75, 3.05) is 13.2 Å². The Morgan fingerprint density at radius 1 is 1.00 bits per heavy atom. The van der Waals surface area contributed by atoms with Crippen LogP contribution in [0.25, 0.3) is 0 Å². The molecule has 1 heterocycles. The molecule has 1 aromatic carbocycles. The van der Waals surface area contributed by atoms with E-state index >= 15 is 0 Å². The Morgan fingerprint density at radius 3 is 2.29 bits per heavy atom. The van der Waals surface area contributed by atoms with Gasteiger partial charge in [-0.25, -0.2) is 0 Å². The van der Waals surface area contributed by atoms with Crippen molar-refractivity contribution in [1.29, 1.82) is 0 Å². The summed E-state index contributed by atoms with van der Waals surface area (Å²) in [5.74, 6) is 0.175. The molecule has 7 nitrogen and oxygen atoms in total. The molecule has 21 heavy (non-hydrogen) atoms. The van der Waals surface area contributed by atoms with Gasteiger partial charge in [0.15, 0.2) is 6.29 Å². The molecule has 2 rings (SSSR count). The molecule has 0 aliphatic carbocycles. The van der Waals surface area contributed by atoms with Crippen LogP contribution >= 0.6 is 0 Å². The van der Waals surface area contributed by atoms with E-state index in [0.717, 1.165) is 5.56 Å². The van der Waals surface area contributed by atoms with Crippen LogP contribution in [0.4, 0.5) is 0 Å². The molecule has 0 aromatic heterocycles. The van der Waals surface area contributed by atoms with Gasteiger partial charge in [0.2, 0.25) is 0 Å². The molecule has 7 heteroatoms. The Balaban J connectivity index is 1.85. The largest absolute Gasteiger partial charge is 0.508 e. The van der Waals surface area contributed by atoms with E-state index in [1.165, 1.54) is 0 Å². The average molecular weight is 300 g/mol. The number of aromatic hydroxyl groups is 1. The summed E-state index contributed by atoms with van der Waals surface area (Å²) in [4.78, 5) is 0. The van der Waals surface area contributed by atoms with Gasteiger partial charge in [0, 0.05) is 0 Å². The fraction of sp³-hybridized carbons (Fsp3) is 0.571. The molecule has 2 unspecified atom stereocenters. The number of phenols is 1. The van der Waals surface area contributed by atoms with Gasteiger partial charge >= 0.3 is 0 Å². The maximum Gasteiger partial charge on any atom is 0.186 e. The Hall–Kier alpha value is -1.22. The highest BCUT2D eigenvalue weighted by molar-refractivity contribution is 5.25. The molecule has 1 aliphatic rings. The van der Waals surface area contributed by atoms with Gasteiger partial charge in [0.05, 0.1) is 13.2 Å². The first kappa shape index (κ1) is 16.2. The number of aliphatic hydroxyl groups is 4. The van der Waals surface area contributed by atoms with E-state index in [9.17, 15) is 20.4 Å². The minimum Gasteiger partial charge on any atom is -0.508 e. The van der Waals surface area contributed by atoms with E-state index in [0.29, 0.717) is 6.42 Å². The SMILES string of the molecule is OCC1O[C@@H](OCCc2ccc(O)cc2)[C@@H](O)C(O)[C@@H]1O. The second-order valence-corrected chi connectivity index (χ2v) is 4.98. The molecule has 1 aliphatic heterocycles. The highest BCUT2D eigenvalue weighted by atomic mass is 16.7. The fourth-order valence-corrected chi connectivity index (χ4v) is 2.16. The number of ether oxygens (including phenoxy) is 2. The summed E-state index contributed by atoms with van der Waals surface area (Å²) in [6, 6.07) is 6.60. The minimum atomic E-state index is -1.44. The van der Waals surface area contributed by atoms with Crippen LogP contribution in [0.15, 0.2) is 24.3 Å². The predicted molar refractivity (Wildman–Crippen MR) is 71.5 cm³/mol. The van der Waals surface area contributed by atoms with Gasteiger partial charge in [-0.1, -0.05) is 12.1 Å². The lowest BCUT2D eigenvalue weighted by atomic mass is 9.99. The molecule has 0 spiro atoms. The molecule has 0 saturated carbocycles. The summed E-state index contributed by atoms with van der Waals surface area (Å²) in [5.41, 5.74) is 0.928. The van der Waals surface area contributed by atoms with Gasteiger partial charge in [-0.2, -0.15) is 0 Å². The van der Waals surface area contributed by atoms with Crippen molar-refractivity contribution in [3.8, 4) is 5.75 Å². The summed E-state index contributed by atoms with van der Waals surface area (Å²) >= 11 is 0. The number of rotatable bonds is 5. The Kier molecular flexibility index (Phi) is 5.51. The second-order valence-electron chi connectivity index (χ2n) is 4.98. The third-order valence-electron chi connectivity index (χ3n) is 3.46. The molecule has 1 saturated heterocycles. The van der Waals surface area contributed by atoms with E-state index in [1.807, 2.05) is 0 Å². The summed E-state index contributed by atoms with van der Waals surface area (Å²) < 4.78 is 10.6. The molecule has 1 aromatic rings. The molecular formula is C14H20O7. The zero-order valence-corrected chi connectivity index (χ0v) is 11.4. The number of hydrogen-bond donors (Lipinski definition) is 5. The smallest absolute Gasteiger partial charge is 0.186 e. The average Bonchev–Trinajstić information content (AvgIpc) is 2.49. The maximum absolute atomic E-state index is 9.78.